The lowest BCUT2D eigenvalue weighted by Gasteiger charge is -2.36. The number of hydrogen-bond donors (Lipinski definition) is 0. The summed E-state index contributed by atoms with van der Waals surface area (Å²) in [5, 5.41) is 1.24. The molecule has 1 aromatic carbocycles. The van der Waals surface area contributed by atoms with Gasteiger partial charge in [-0.25, -0.2) is 9.97 Å². The lowest BCUT2D eigenvalue weighted by atomic mass is 9.78. The summed E-state index contributed by atoms with van der Waals surface area (Å²) in [6.45, 7) is 0.736. The van der Waals surface area contributed by atoms with Crippen molar-refractivity contribution in [1.29, 1.82) is 0 Å². The molecule has 6 rings (SSSR count). The van der Waals surface area contributed by atoms with E-state index in [0.717, 1.165) is 62.1 Å². The zero-order valence-corrected chi connectivity index (χ0v) is 26.5. The van der Waals surface area contributed by atoms with E-state index < -0.39 is 0 Å². The minimum atomic E-state index is -0.145. The maximum Gasteiger partial charge on any atom is 0.308 e. The number of methoxy groups -OCH3 is 1. The van der Waals surface area contributed by atoms with Crippen molar-refractivity contribution in [2.24, 2.45) is 17.8 Å². The normalized spacial score (nSPS) is 23.9. The maximum atomic E-state index is 14.2. The molecular weight excluding hydrogens is 556 g/mol. The highest BCUT2D eigenvalue weighted by Gasteiger charge is 2.35. The number of ether oxygens (including phenoxy) is 1. The molecular formula is C35H44N4O3S. The molecule has 1 amide bonds. The van der Waals surface area contributed by atoms with Crippen molar-refractivity contribution in [3.05, 3.63) is 59.4 Å². The van der Waals surface area contributed by atoms with E-state index in [4.69, 9.17) is 9.72 Å². The fourth-order valence-corrected chi connectivity index (χ4v) is 7.98. The summed E-state index contributed by atoms with van der Waals surface area (Å²) in [6.07, 6.45) is 13.8. The second-order valence-electron chi connectivity index (χ2n) is 13.0. The molecule has 0 spiro atoms. The second kappa shape index (κ2) is 13.2. The van der Waals surface area contributed by atoms with Gasteiger partial charge in [0.25, 0.3) is 0 Å². The van der Waals surface area contributed by atoms with E-state index in [1.807, 2.05) is 31.4 Å². The quantitative estimate of drug-likeness (QED) is 0.238. The first kappa shape index (κ1) is 29.8. The average molecular weight is 601 g/mol. The summed E-state index contributed by atoms with van der Waals surface area (Å²) >= 11 is 1.79. The Bertz CT molecular complexity index is 1400. The van der Waals surface area contributed by atoms with E-state index in [9.17, 15) is 9.59 Å². The molecule has 0 unspecified atom stereocenters. The number of carbonyl (C=O) groups is 2. The molecule has 2 heterocycles. The molecule has 0 saturated heterocycles. The smallest absolute Gasteiger partial charge is 0.308 e. The van der Waals surface area contributed by atoms with Crippen molar-refractivity contribution >= 4 is 34.7 Å². The van der Waals surface area contributed by atoms with Crippen LogP contribution in [0.4, 0.5) is 11.5 Å². The van der Waals surface area contributed by atoms with Crippen molar-refractivity contribution in [2.75, 3.05) is 37.5 Å². The van der Waals surface area contributed by atoms with Crippen LogP contribution in [0.5, 0.6) is 0 Å². The van der Waals surface area contributed by atoms with Gasteiger partial charge < -0.3 is 14.5 Å². The molecule has 3 aliphatic carbocycles. The van der Waals surface area contributed by atoms with Gasteiger partial charge in [-0.2, -0.15) is 0 Å². The first-order valence-electron chi connectivity index (χ1n) is 16.0. The number of pyridine rings is 1. The SMILES string of the molecule is COC(=O)C1CCC(C(=O)N(CC2CCC(c3ccc(N(C)C)nc3)CC2)c2cccc(-c3cnc(C4CC4)s3)c2)CC1. The van der Waals surface area contributed by atoms with Crippen LogP contribution in [0.25, 0.3) is 10.4 Å². The lowest BCUT2D eigenvalue weighted by molar-refractivity contribution is -0.147. The van der Waals surface area contributed by atoms with Crippen LogP contribution >= 0.6 is 11.3 Å². The number of carbonyl (C=O) groups excluding carboxylic acids is 2. The molecule has 0 aliphatic heterocycles. The van der Waals surface area contributed by atoms with Crippen LogP contribution < -0.4 is 9.80 Å². The number of hydrogen-bond acceptors (Lipinski definition) is 7. The van der Waals surface area contributed by atoms with Crippen LogP contribution in [0.3, 0.4) is 0 Å². The van der Waals surface area contributed by atoms with Gasteiger partial charge in [-0.05, 0) is 105 Å². The van der Waals surface area contributed by atoms with Crippen LogP contribution in [0, 0.1) is 17.8 Å². The minimum Gasteiger partial charge on any atom is -0.469 e. The predicted octanol–water partition coefficient (Wildman–Crippen LogP) is 7.43. The van der Waals surface area contributed by atoms with E-state index in [1.54, 1.807) is 11.3 Å². The Morgan fingerprint density at radius 2 is 1.58 bits per heavy atom. The molecule has 3 saturated carbocycles. The summed E-state index contributed by atoms with van der Waals surface area (Å²) in [5.74, 6) is 2.50. The van der Waals surface area contributed by atoms with Gasteiger partial charge in [-0.15, -0.1) is 11.3 Å². The highest BCUT2D eigenvalue weighted by atomic mass is 32.1. The second-order valence-corrected chi connectivity index (χ2v) is 14.0. The molecule has 43 heavy (non-hydrogen) atoms. The van der Waals surface area contributed by atoms with Gasteiger partial charge in [0.1, 0.15) is 5.82 Å². The van der Waals surface area contributed by atoms with Gasteiger partial charge in [0, 0.05) is 50.6 Å². The molecule has 3 aliphatic rings. The number of amides is 1. The fraction of sp³-hybridized carbons (Fsp3) is 0.543. The Morgan fingerprint density at radius 3 is 2.23 bits per heavy atom. The molecule has 0 bridgehead atoms. The van der Waals surface area contributed by atoms with Crippen molar-refractivity contribution in [3.8, 4) is 10.4 Å². The molecule has 3 fully saturated rings. The van der Waals surface area contributed by atoms with Crippen molar-refractivity contribution in [3.63, 3.8) is 0 Å². The summed E-state index contributed by atoms with van der Waals surface area (Å²) in [7, 11) is 5.49. The number of anilines is 2. The summed E-state index contributed by atoms with van der Waals surface area (Å²) in [4.78, 5) is 41.0. The number of nitrogens with zero attached hydrogens (tertiary/aromatic N) is 4. The van der Waals surface area contributed by atoms with Gasteiger partial charge in [-0.3, -0.25) is 9.59 Å². The molecule has 0 atom stereocenters. The molecule has 2 aromatic heterocycles. The fourth-order valence-electron chi connectivity index (χ4n) is 6.89. The average Bonchev–Trinajstić information content (AvgIpc) is 3.79. The van der Waals surface area contributed by atoms with Crippen LogP contribution in [-0.4, -0.2) is 49.6 Å². The van der Waals surface area contributed by atoms with E-state index >= 15 is 0 Å². The highest BCUT2D eigenvalue weighted by molar-refractivity contribution is 7.15. The van der Waals surface area contributed by atoms with Crippen LogP contribution in [0.1, 0.15) is 86.6 Å². The number of rotatable bonds is 9. The van der Waals surface area contributed by atoms with E-state index in [-0.39, 0.29) is 23.7 Å². The van der Waals surface area contributed by atoms with Gasteiger partial charge in [-0.1, -0.05) is 18.2 Å². The third-order valence-electron chi connectivity index (χ3n) is 9.76. The van der Waals surface area contributed by atoms with Gasteiger partial charge in [0.2, 0.25) is 5.91 Å². The Labute approximate surface area is 259 Å². The first-order chi connectivity index (χ1) is 20.9. The van der Waals surface area contributed by atoms with E-state index in [1.165, 1.54) is 35.4 Å². The molecule has 0 N–H and O–H groups in total. The lowest BCUT2D eigenvalue weighted by Crippen LogP contribution is -2.42. The summed E-state index contributed by atoms with van der Waals surface area (Å²) < 4.78 is 4.99. The zero-order chi connectivity index (χ0) is 29.9. The predicted molar refractivity (Wildman–Crippen MR) is 173 cm³/mol. The van der Waals surface area contributed by atoms with Crippen LogP contribution in [-0.2, 0) is 14.3 Å². The molecule has 0 radical (unpaired) electrons. The topological polar surface area (TPSA) is 75.6 Å². The zero-order valence-electron chi connectivity index (χ0n) is 25.7. The maximum absolute atomic E-state index is 14.2. The van der Waals surface area contributed by atoms with E-state index in [0.29, 0.717) is 30.6 Å². The number of thiazole rings is 1. The van der Waals surface area contributed by atoms with Crippen molar-refractivity contribution in [2.45, 2.75) is 76.0 Å². The summed E-state index contributed by atoms with van der Waals surface area (Å²) in [5.41, 5.74) is 3.43. The Morgan fingerprint density at radius 1 is 0.860 bits per heavy atom. The van der Waals surface area contributed by atoms with Gasteiger partial charge in [0.05, 0.1) is 22.9 Å². The first-order valence-corrected chi connectivity index (χ1v) is 16.8. The number of aromatic nitrogens is 2. The number of esters is 1. The monoisotopic (exact) mass is 600 g/mol. The van der Waals surface area contributed by atoms with Crippen molar-refractivity contribution in [1.82, 2.24) is 9.97 Å². The van der Waals surface area contributed by atoms with Crippen LogP contribution in [0.15, 0.2) is 48.8 Å². The van der Waals surface area contributed by atoms with Gasteiger partial charge >= 0.3 is 5.97 Å². The Kier molecular flexibility index (Phi) is 9.12. The number of benzene rings is 1. The van der Waals surface area contributed by atoms with Gasteiger partial charge in [0.15, 0.2) is 0 Å². The highest BCUT2D eigenvalue weighted by Crippen LogP contribution is 2.44. The Balaban J connectivity index is 1.18. The molecule has 3 aromatic rings. The van der Waals surface area contributed by atoms with Crippen molar-refractivity contribution < 1.29 is 14.3 Å². The molecule has 7 nitrogen and oxygen atoms in total. The Hall–Kier alpha value is -3.26. The largest absolute Gasteiger partial charge is 0.469 e. The van der Waals surface area contributed by atoms with Crippen LogP contribution in [0.2, 0.25) is 0 Å². The molecule has 8 heteroatoms. The minimum absolute atomic E-state index is 0.0629. The molecule has 228 valence electrons. The third kappa shape index (κ3) is 6.95. The van der Waals surface area contributed by atoms with E-state index in [2.05, 4.69) is 46.3 Å². The summed E-state index contributed by atoms with van der Waals surface area (Å²) in [6, 6.07) is 12.8. The third-order valence-corrected chi connectivity index (χ3v) is 11.0. The standard InChI is InChI=1S/C35H44N4O3S/c1-38(2)32-18-17-29(20-36-32)24-9-7-23(8-10-24)22-39(34(40)26-13-15-27(16-14-26)35(41)42-3)30-6-4-5-28(19-30)31-21-37-33(43-31)25-11-12-25/h4-6,17-21,23-27H,7-16,22H2,1-3H3.